The van der Waals surface area contributed by atoms with Gasteiger partial charge in [0.25, 0.3) is 0 Å². The molecule has 0 bridgehead atoms. The van der Waals surface area contributed by atoms with Crippen molar-refractivity contribution in [3.05, 3.63) is 90.0 Å². The molecule has 2 heteroatoms. The molecule has 0 spiro atoms. The van der Waals surface area contributed by atoms with Gasteiger partial charge in [0, 0.05) is 6.42 Å². The number of hydrogen-bond acceptors (Lipinski definition) is 2. The van der Waals surface area contributed by atoms with E-state index in [1.807, 2.05) is 36.4 Å². The second-order valence-corrected chi connectivity index (χ2v) is 5.39. The van der Waals surface area contributed by atoms with Crippen molar-refractivity contribution in [2.75, 3.05) is 7.11 Å². The van der Waals surface area contributed by atoms with Crippen LogP contribution in [0.1, 0.15) is 17.5 Å². The van der Waals surface area contributed by atoms with E-state index in [-0.39, 0.29) is 0 Å². The maximum atomic E-state index is 6.35. The molecule has 1 unspecified atom stereocenters. The van der Waals surface area contributed by atoms with E-state index in [2.05, 4.69) is 42.5 Å². The van der Waals surface area contributed by atoms with E-state index in [0.717, 1.165) is 17.7 Å². The van der Waals surface area contributed by atoms with Crippen LogP contribution in [0.5, 0.6) is 5.75 Å². The van der Waals surface area contributed by atoms with Crippen LogP contribution in [-0.4, -0.2) is 7.11 Å². The van der Waals surface area contributed by atoms with Crippen LogP contribution in [0, 0.1) is 0 Å². The fraction of sp³-hybridized carbons (Fsp3) is 0.200. The van der Waals surface area contributed by atoms with Crippen LogP contribution in [0.4, 0.5) is 0 Å². The topological polar surface area (TPSA) is 18.5 Å². The minimum atomic E-state index is -0.431. The Labute approximate surface area is 131 Å². The van der Waals surface area contributed by atoms with E-state index < -0.39 is 5.60 Å². The number of allylic oxidation sites excluding steroid dienone is 2. The molecule has 1 atom stereocenters. The highest BCUT2D eigenvalue weighted by Crippen LogP contribution is 2.36. The average Bonchev–Trinajstić information content (AvgIpc) is 2.62. The predicted octanol–water partition coefficient (Wildman–Crippen LogP) is 4.62. The van der Waals surface area contributed by atoms with Crippen LogP contribution in [-0.2, 0) is 16.9 Å². The quantitative estimate of drug-likeness (QED) is 0.800. The van der Waals surface area contributed by atoms with Gasteiger partial charge in [0.1, 0.15) is 11.4 Å². The number of rotatable bonds is 5. The van der Waals surface area contributed by atoms with Gasteiger partial charge in [-0.25, -0.2) is 0 Å². The molecule has 0 aliphatic heterocycles. The Morgan fingerprint density at radius 1 is 1.00 bits per heavy atom. The van der Waals surface area contributed by atoms with Gasteiger partial charge in [0.05, 0.1) is 13.7 Å². The van der Waals surface area contributed by atoms with Gasteiger partial charge < -0.3 is 9.47 Å². The SMILES string of the molecule is COc1cccc(C2(OCc3ccccc3)C=CC=CC2)c1. The molecule has 0 aromatic heterocycles. The Bertz CT molecular complexity index is 673. The van der Waals surface area contributed by atoms with E-state index in [1.54, 1.807) is 7.11 Å². The van der Waals surface area contributed by atoms with Crippen molar-refractivity contribution in [1.82, 2.24) is 0 Å². The van der Waals surface area contributed by atoms with Gasteiger partial charge in [-0.2, -0.15) is 0 Å². The summed E-state index contributed by atoms with van der Waals surface area (Å²) in [5.74, 6) is 0.850. The zero-order valence-corrected chi connectivity index (χ0v) is 12.7. The molecule has 3 rings (SSSR count). The van der Waals surface area contributed by atoms with Crippen LogP contribution in [0.3, 0.4) is 0 Å². The minimum absolute atomic E-state index is 0.431. The molecule has 2 aromatic carbocycles. The lowest BCUT2D eigenvalue weighted by Gasteiger charge is -2.32. The molecule has 0 saturated carbocycles. The monoisotopic (exact) mass is 292 g/mol. The first-order valence-electron chi connectivity index (χ1n) is 7.49. The van der Waals surface area contributed by atoms with E-state index in [1.165, 1.54) is 5.56 Å². The Morgan fingerprint density at radius 2 is 1.86 bits per heavy atom. The summed E-state index contributed by atoms with van der Waals surface area (Å²) in [4.78, 5) is 0. The normalized spacial score (nSPS) is 20.0. The van der Waals surface area contributed by atoms with Gasteiger partial charge in [-0.05, 0) is 29.3 Å². The highest BCUT2D eigenvalue weighted by atomic mass is 16.5. The maximum Gasteiger partial charge on any atom is 0.119 e. The second kappa shape index (κ2) is 6.63. The van der Waals surface area contributed by atoms with Crippen molar-refractivity contribution in [2.45, 2.75) is 18.6 Å². The zero-order valence-electron chi connectivity index (χ0n) is 12.7. The van der Waals surface area contributed by atoms with Crippen molar-refractivity contribution >= 4 is 0 Å². The van der Waals surface area contributed by atoms with Crippen LogP contribution in [0.25, 0.3) is 0 Å². The minimum Gasteiger partial charge on any atom is -0.497 e. The number of benzene rings is 2. The third-order valence-electron chi connectivity index (χ3n) is 3.93. The standard InChI is InChI=1S/C20H20O2/c1-21-19-12-8-11-18(15-19)20(13-6-3-7-14-20)22-16-17-9-4-2-5-10-17/h2-13,15H,14,16H2,1H3. The molecule has 0 amide bonds. The van der Waals surface area contributed by atoms with E-state index in [4.69, 9.17) is 9.47 Å². The highest BCUT2D eigenvalue weighted by Gasteiger charge is 2.30. The van der Waals surface area contributed by atoms with Crippen molar-refractivity contribution < 1.29 is 9.47 Å². The molecule has 0 heterocycles. The molecule has 22 heavy (non-hydrogen) atoms. The molecule has 0 radical (unpaired) electrons. The highest BCUT2D eigenvalue weighted by molar-refractivity contribution is 5.38. The van der Waals surface area contributed by atoms with Crippen molar-refractivity contribution in [3.63, 3.8) is 0 Å². The smallest absolute Gasteiger partial charge is 0.119 e. The summed E-state index contributed by atoms with van der Waals surface area (Å²) < 4.78 is 11.7. The van der Waals surface area contributed by atoms with E-state index in [9.17, 15) is 0 Å². The lowest BCUT2D eigenvalue weighted by Crippen LogP contribution is -2.28. The summed E-state index contributed by atoms with van der Waals surface area (Å²) >= 11 is 0. The molecule has 0 saturated heterocycles. The summed E-state index contributed by atoms with van der Waals surface area (Å²) in [5, 5.41) is 0. The number of methoxy groups -OCH3 is 1. The Balaban J connectivity index is 1.88. The molecular weight excluding hydrogens is 272 g/mol. The summed E-state index contributed by atoms with van der Waals surface area (Å²) in [6, 6.07) is 18.4. The predicted molar refractivity (Wildman–Crippen MR) is 88.8 cm³/mol. The fourth-order valence-corrected chi connectivity index (χ4v) is 2.68. The van der Waals surface area contributed by atoms with Gasteiger partial charge in [-0.1, -0.05) is 60.7 Å². The Morgan fingerprint density at radius 3 is 2.59 bits per heavy atom. The van der Waals surface area contributed by atoms with E-state index >= 15 is 0 Å². The molecule has 2 aromatic rings. The molecule has 0 N–H and O–H groups in total. The third kappa shape index (κ3) is 3.12. The molecule has 1 aliphatic rings. The molecule has 0 fully saturated rings. The Kier molecular flexibility index (Phi) is 4.40. The molecular formula is C20H20O2. The maximum absolute atomic E-state index is 6.35. The number of ether oxygens (including phenoxy) is 2. The lowest BCUT2D eigenvalue weighted by atomic mass is 9.87. The van der Waals surface area contributed by atoms with Crippen molar-refractivity contribution in [1.29, 1.82) is 0 Å². The van der Waals surface area contributed by atoms with Crippen LogP contribution in [0.15, 0.2) is 78.9 Å². The summed E-state index contributed by atoms with van der Waals surface area (Å²) in [7, 11) is 1.69. The van der Waals surface area contributed by atoms with Crippen molar-refractivity contribution in [3.8, 4) is 5.75 Å². The first kappa shape index (κ1) is 14.6. The summed E-state index contributed by atoms with van der Waals surface area (Å²) in [6.07, 6.45) is 9.21. The van der Waals surface area contributed by atoms with Gasteiger partial charge in [0.2, 0.25) is 0 Å². The largest absolute Gasteiger partial charge is 0.497 e. The molecule has 112 valence electrons. The van der Waals surface area contributed by atoms with Gasteiger partial charge in [-0.15, -0.1) is 0 Å². The first-order valence-corrected chi connectivity index (χ1v) is 7.49. The van der Waals surface area contributed by atoms with Gasteiger partial charge in [-0.3, -0.25) is 0 Å². The lowest BCUT2D eigenvalue weighted by molar-refractivity contribution is -0.0235. The van der Waals surface area contributed by atoms with Crippen LogP contribution in [0.2, 0.25) is 0 Å². The fourth-order valence-electron chi connectivity index (χ4n) is 2.68. The zero-order chi connectivity index (χ0) is 15.3. The molecule has 2 nitrogen and oxygen atoms in total. The van der Waals surface area contributed by atoms with E-state index in [0.29, 0.717) is 6.61 Å². The van der Waals surface area contributed by atoms with Crippen molar-refractivity contribution in [2.24, 2.45) is 0 Å². The Hall–Kier alpha value is -2.32. The van der Waals surface area contributed by atoms with Crippen LogP contribution >= 0.6 is 0 Å². The first-order chi connectivity index (χ1) is 10.8. The third-order valence-corrected chi connectivity index (χ3v) is 3.93. The summed E-state index contributed by atoms with van der Waals surface area (Å²) in [6.45, 7) is 0.580. The van der Waals surface area contributed by atoms with Crippen LogP contribution < -0.4 is 4.74 Å². The summed E-state index contributed by atoms with van der Waals surface area (Å²) in [5.41, 5.74) is 1.86. The second-order valence-electron chi connectivity index (χ2n) is 5.39. The molecule has 1 aliphatic carbocycles. The van der Waals surface area contributed by atoms with Gasteiger partial charge >= 0.3 is 0 Å². The number of hydrogen-bond donors (Lipinski definition) is 0. The average molecular weight is 292 g/mol. The van der Waals surface area contributed by atoms with Gasteiger partial charge in [0.15, 0.2) is 0 Å².